The van der Waals surface area contributed by atoms with Gasteiger partial charge in [-0.2, -0.15) is 11.8 Å². The Hall–Kier alpha value is -1.47. The molecule has 2 aromatic rings. The molecule has 0 nitrogen and oxygen atoms in total. The fourth-order valence-electron chi connectivity index (χ4n) is 2.45. The molecule has 1 aliphatic heterocycles. The van der Waals surface area contributed by atoms with Crippen molar-refractivity contribution in [2.75, 3.05) is 11.5 Å². The Morgan fingerprint density at radius 2 is 1.00 bits per heavy atom. The molecule has 0 aromatic heterocycles. The van der Waals surface area contributed by atoms with E-state index in [1.54, 1.807) is 0 Å². The lowest BCUT2D eigenvalue weighted by Gasteiger charge is -2.08. The maximum Gasteiger partial charge on any atom is 0.0197 e. The summed E-state index contributed by atoms with van der Waals surface area (Å²) in [5, 5.41) is 0. The average molecular weight is 266 g/mol. The molecule has 0 bridgehead atoms. The Morgan fingerprint density at radius 1 is 0.632 bits per heavy atom. The van der Waals surface area contributed by atoms with Crippen molar-refractivity contribution in [2.45, 2.75) is 13.8 Å². The average Bonchev–Trinajstić information content (AvgIpc) is 2.90. The molecule has 0 radical (unpaired) electrons. The Labute approximate surface area is 119 Å². The summed E-state index contributed by atoms with van der Waals surface area (Å²) in [5.74, 6) is 2.26. The fraction of sp³-hybridized carbons (Fsp3) is 0.222. The summed E-state index contributed by atoms with van der Waals surface area (Å²) in [6.07, 6.45) is 0. The van der Waals surface area contributed by atoms with Crippen LogP contribution >= 0.6 is 11.8 Å². The zero-order valence-corrected chi connectivity index (χ0v) is 12.3. The van der Waals surface area contributed by atoms with Crippen LogP contribution in [0.1, 0.15) is 22.3 Å². The van der Waals surface area contributed by atoms with E-state index < -0.39 is 0 Å². The minimum Gasteiger partial charge on any atom is -0.152 e. The summed E-state index contributed by atoms with van der Waals surface area (Å²) in [7, 11) is 0. The van der Waals surface area contributed by atoms with E-state index in [0.29, 0.717) is 0 Å². The molecule has 19 heavy (non-hydrogen) atoms. The van der Waals surface area contributed by atoms with Crippen molar-refractivity contribution in [1.82, 2.24) is 0 Å². The molecule has 0 saturated heterocycles. The quantitative estimate of drug-likeness (QED) is 0.740. The van der Waals surface area contributed by atoms with E-state index in [0.717, 1.165) is 11.5 Å². The highest BCUT2D eigenvalue weighted by Crippen LogP contribution is 2.37. The van der Waals surface area contributed by atoms with Crippen molar-refractivity contribution in [3.8, 4) is 0 Å². The summed E-state index contributed by atoms with van der Waals surface area (Å²) in [5.41, 5.74) is 8.43. The summed E-state index contributed by atoms with van der Waals surface area (Å²) in [6, 6.07) is 17.8. The van der Waals surface area contributed by atoms with Gasteiger partial charge in [-0.25, -0.2) is 0 Å². The topological polar surface area (TPSA) is 0 Å². The first-order chi connectivity index (χ1) is 9.24. The normalized spacial score (nSPS) is 15.1. The molecule has 0 fully saturated rings. The maximum atomic E-state index is 2.25. The van der Waals surface area contributed by atoms with Crippen LogP contribution in [0, 0.1) is 13.8 Å². The molecular weight excluding hydrogens is 248 g/mol. The van der Waals surface area contributed by atoms with E-state index >= 15 is 0 Å². The molecule has 1 aliphatic rings. The number of aryl methyl sites for hydroxylation is 2. The summed E-state index contributed by atoms with van der Waals surface area (Å²) < 4.78 is 0. The third-order valence-corrected chi connectivity index (χ3v) is 4.64. The first-order valence-corrected chi connectivity index (χ1v) is 7.83. The summed E-state index contributed by atoms with van der Waals surface area (Å²) in [6.45, 7) is 4.28. The number of hydrogen-bond donors (Lipinski definition) is 0. The zero-order valence-electron chi connectivity index (χ0n) is 11.4. The first-order valence-electron chi connectivity index (χ1n) is 6.68. The van der Waals surface area contributed by atoms with Gasteiger partial charge < -0.3 is 0 Å². The van der Waals surface area contributed by atoms with Crippen LogP contribution in [0.2, 0.25) is 0 Å². The zero-order chi connectivity index (χ0) is 13.2. The van der Waals surface area contributed by atoms with Crippen molar-refractivity contribution >= 4 is 22.9 Å². The van der Waals surface area contributed by atoms with Crippen LogP contribution in [0.5, 0.6) is 0 Å². The molecule has 3 rings (SSSR count). The lowest BCUT2D eigenvalue weighted by atomic mass is 9.96. The third-order valence-electron chi connectivity index (χ3n) is 3.66. The summed E-state index contributed by atoms with van der Waals surface area (Å²) >= 11 is 2.01. The second kappa shape index (κ2) is 5.26. The van der Waals surface area contributed by atoms with E-state index in [4.69, 9.17) is 0 Å². The van der Waals surface area contributed by atoms with Gasteiger partial charge in [0, 0.05) is 11.5 Å². The number of thioether (sulfide) groups is 1. The van der Waals surface area contributed by atoms with Crippen molar-refractivity contribution in [1.29, 1.82) is 0 Å². The van der Waals surface area contributed by atoms with E-state index in [9.17, 15) is 0 Å². The second-order valence-corrected chi connectivity index (χ2v) is 6.17. The van der Waals surface area contributed by atoms with Crippen LogP contribution in [-0.2, 0) is 0 Å². The lowest BCUT2D eigenvalue weighted by Crippen LogP contribution is -1.90. The molecule has 0 amide bonds. The summed E-state index contributed by atoms with van der Waals surface area (Å²) in [4.78, 5) is 0. The van der Waals surface area contributed by atoms with E-state index in [1.807, 2.05) is 11.8 Å². The van der Waals surface area contributed by atoms with Gasteiger partial charge in [-0.05, 0) is 36.1 Å². The maximum absolute atomic E-state index is 2.25. The van der Waals surface area contributed by atoms with Gasteiger partial charge in [0.15, 0.2) is 0 Å². The fourth-order valence-corrected chi connectivity index (χ4v) is 3.65. The van der Waals surface area contributed by atoms with Gasteiger partial charge >= 0.3 is 0 Å². The van der Waals surface area contributed by atoms with Crippen LogP contribution in [0.3, 0.4) is 0 Å². The predicted octanol–water partition coefficient (Wildman–Crippen LogP) is 4.96. The molecule has 1 heteroatoms. The highest BCUT2D eigenvalue weighted by molar-refractivity contribution is 8.00. The van der Waals surface area contributed by atoms with Crippen LogP contribution < -0.4 is 0 Å². The van der Waals surface area contributed by atoms with Gasteiger partial charge in [0.1, 0.15) is 0 Å². The molecule has 0 aliphatic carbocycles. The van der Waals surface area contributed by atoms with E-state index in [-0.39, 0.29) is 0 Å². The Balaban J connectivity index is 2.04. The van der Waals surface area contributed by atoms with E-state index in [2.05, 4.69) is 62.4 Å². The Kier molecular flexibility index (Phi) is 3.48. The van der Waals surface area contributed by atoms with E-state index in [1.165, 1.54) is 33.4 Å². The molecule has 0 atom stereocenters. The Morgan fingerprint density at radius 3 is 1.37 bits per heavy atom. The first kappa shape index (κ1) is 12.6. The van der Waals surface area contributed by atoms with Gasteiger partial charge in [-0.3, -0.25) is 0 Å². The lowest BCUT2D eigenvalue weighted by molar-refractivity contribution is 1.43. The van der Waals surface area contributed by atoms with Crippen LogP contribution in [0.15, 0.2) is 48.5 Å². The Bertz CT molecular complexity index is 548. The molecule has 96 valence electrons. The third kappa shape index (κ3) is 2.62. The molecule has 0 N–H and O–H groups in total. The number of hydrogen-bond acceptors (Lipinski definition) is 1. The van der Waals surface area contributed by atoms with Gasteiger partial charge in [0.25, 0.3) is 0 Å². The number of rotatable bonds is 2. The van der Waals surface area contributed by atoms with Gasteiger partial charge in [0.05, 0.1) is 0 Å². The standard InChI is InChI=1S/C18H18S/c1-13-3-7-15(8-4-13)17-11-19-12-18(17)16-9-5-14(2)6-10-16/h3-10H,11-12H2,1-2H3. The van der Waals surface area contributed by atoms with Crippen molar-refractivity contribution in [2.24, 2.45) is 0 Å². The van der Waals surface area contributed by atoms with Crippen LogP contribution in [-0.4, -0.2) is 11.5 Å². The second-order valence-electron chi connectivity index (χ2n) is 5.18. The van der Waals surface area contributed by atoms with Gasteiger partial charge in [-0.1, -0.05) is 59.7 Å². The highest BCUT2D eigenvalue weighted by atomic mass is 32.2. The van der Waals surface area contributed by atoms with Crippen molar-refractivity contribution < 1.29 is 0 Å². The van der Waals surface area contributed by atoms with Crippen molar-refractivity contribution in [3.63, 3.8) is 0 Å². The minimum absolute atomic E-state index is 1.13. The predicted molar refractivity (Wildman–Crippen MR) is 86.5 cm³/mol. The molecule has 0 saturated carbocycles. The van der Waals surface area contributed by atoms with Crippen LogP contribution in [0.25, 0.3) is 11.1 Å². The van der Waals surface area contributed by atoms with Gasteiger partial charge in [-0.15, -0.1) is 0 Å². The molecule has 0 spiro atoms. The van der Waals surface area contributed by atoms with Crippen LogP contribution in [0.4, 0.5) is 0 Å². The monoisotopic (exact) mass is 266 g/mol. The number of benzene rings is 2. The molecule has 1 heterocycles. The molecule has 0 unspecified atom stereocenters. The molecular formula is C18H18S. The largest absolute Gasteiger partial charge is 0.152 e. The highest BCUT2D eigenvalue weighted by Gasteiger charge is 2.17. The minimum atomic E-state index is 1.13. The van der Waals surface area contributed by atoms with Gasteiger partial charge in [0.2, 0.25) is 0 Å². The molecule has 2 aromatic carbocycles. The smallest absolute Gasteiger partial charge is 0.0197 e. The SMILES string of the molecule is Cc1ccc(C2=C(c3ccc(C)cc3)CSC2)cc1. The van der Waals surface area contributed by atoms with Crippen molar-refractivity contribution in [3.05, 3.63) is 70.8 Å².